The van der Waals surface area contributed by atoms with E-state index in [1.165, 1.54) is 12.3 Å². The lowest BCUT2D eigenvalue weighted by Crippen LogP contribution is -1.97. The number of fused-ring (bicyclic) bond motifs is 1. The molecule has 8 heteroatoms. The second-order valence-corrected chi connectivity index (χ2v) is 4.21. The van der Waals surface area contributed by atoms with Gasteiger partial charge in [-0.05, 0) is 0 Å². The fourth-order valence-electron chi connectivity index (χ4n) is 1.98. The number of aromatic nitrogens is 4. The molecule has 0 aliphatic heterocycles. The van der Waals surface area contributed by atoms with E-state index in [1.807, 2.05) is 0 Å². The molecule has 3 aromatic rings. The van der Waals surface area contributed by atoms with Crippen molar-refractivity contribution in [1.82, 2.24) is 19.9 Å². The van der Waals surface area contributed by atoms with Gasteiger partial charge in [0.25, 0.3) is 5.69 Å². The topological polar surface area (TPSA) is 124 Å². The molecule has 0 radical (unpaired) electrons. The van der Waals surface area contributed by atoms with Gasteiger partial charge in [0.15, 0.2) is 5.65 Å². The number of nitro benzene ring substituents is 1. The van der Waals surface area contributed by atoms with Crippen LogP contribution in [0.4, 0.5) is 11.6 Å². The molecule has 0 bridgehead atoms. The number of anilines is 1. The summed E-state index contributed by atoms with van der Waals surface area (Å²) < 4.78 is 0. The number of nitrogens with one attached hydrogen (secondary N) is 1. The van der Waals surface area contributed by atoms with Gasteiger partial charge in [0.1, 0.15) is 11.3 Å². The van der Waals surface area contributed by atoms with Gasteiger partial charge in [-0.1, -0.05) is 18.2 Å². The quantitative estimate of drug-likeness (QED) is 0.548. The Labute approximate surface area is 112 Å². The van der Waals surface area contributed by atoms with Crippen molar-refractivity contribution in [2.75, 3.05) is 5.73 Å². The van der Waals surface area contributed by atoms with Gasteiger partial charge in [-0.15, -0.1) is 0 Å². The lowest BCUT2D eigenvalue weighted by Gasteiger charge is -1.99. The molecule has 3 rings (SSSR count). The number of rotatable bonds is 3. The van der Waals surface area contributed by atoms with Crippen molar-refractivity contribution < 1.29 is 4.92 Å². The van der Waals surface area contributed by atoms with Crippen LogP contribution in [0.25, 0.3) is 11.2 Å². The lowest BCUT2D eigenvalue weighted by molar-refractivity contribution is -0.385. The van der Waals surface area contributed by atoms with Crippen molar-refractivity contribution in [2.24, 2.45) is 0 Å². The highest BCUT2D eigenvalue weighted by molar-refractivity contribution is 5.70. The molecule has 100 valence electrons. The number of nitrogens with two attached hydrogens (primary N) is 1. The number of benzene rings is 1. The summed E-state index contributed by atoms with van der Waals surface area (Å²) in [7, 11) is 0. The first kappa shape index (κ1) is 12.0. The van der Waals surface area contributed by atoms with E-state index < -0.39 is 4.92 Å². The van der Waals surface area contributed by atoms with Crippen molar-refractivity contribution in [3.63, 3.8) is 0 Å². The number of nitrogens with zero attached hydrogens (tertiary/aromatic N) is 4. The van der Waals surface area contributed by atoms with Gasteiger partial charge in [-0.25, -0.2) is 9.97 Å². The van der Waals surface area contributed by atoms with Gasteiger partial charge in [-0.2, -0.15) is 4.98 Å². The summed E-state index contributed by atoms with van der Waals surface area (Å²) in [6, 6.07) is 6.55. The monoisotopic (exact) mass is 270 g/mol. The molecule has 0 spiro atoms. The average molecular weight is 270 g/mol. The predicted molar refractivity (Wildman–Crippen MR) is 72.0 cm³/mol. The summed E-state index contributed by atoms with van der Waals surface area (Å²) in [6.45, 7) is 0. The number of hydrogen-bond acceptors (Lipinski definition) is 6. The van der Waals surface area contributed by atoms with E-state index in [9.17, 15) is 10.1 Å². The summed E-state index contributed by atoms with van der Waals surface area (Å²) in [5, 5.41) is 11.0. The van der Waals surface area contributed by atoms with Gasteiger partial charge in [0, 0.05) is 18.1 Å². The van der Waals surface area contributed by atoms with Crippen LogP contribution >= 0.6 is 0 Å². The molecule has 0 fully saturated rings. The van der Waals surface area contributed by atoms with Crippen LogP contribution in [0.5, 0.6) is 0 Å². The van der Waals surface area contributed by atoms with Crippen molar-refractivity contribution >= 4 is 22.8 Å². The highest BCUT2D eigenvalue weighted by atomic mass is 16.6. The third-order valence-electron chi connectivity index (χ3n) is 2.85. The maximum atomic E-state index is 11.0. The van der Waals surface area contributed by atoms with Crippen LogP contribution < -0.4 is 5.73 Å². The Bertz CT molecular complexity index is 797. The maximum absolute atomic E-state index is 11.0. The number of nitro groups is 1. The van der Waals surface area contributed by atoms with Crippen LogP contribution in [0.1, 0.15) is 11.4 Å². The van der Waals surface area contributed by atoms with E-state index in [0.29, 0.717) is 29.0 Å². The third kappa shape index (κ3) is 2.14. The number of H-pyrrole nitrogens is 1. The summed E-state index contributed by atoms with van der Waals surface area (Å²) in [6.07, 6.45) is 1.82. The Morgan fingerprint density at radius 2 is 2.10 bits per heavy atom. The van der Waals surface area contributed by atoms with Crippen molar-refractivity contribution in [2.45, 2.75) is 6.42 Å². The van der Waals surface area contributed by atoms with Crippen LogP contribution in [-0.2, 0) is 6.42 Å². The molecule has 1 aromatic carbocycles. The minimum absolute atomic E-state index is 0.0681. The highest BCUT2D eigenvalue weighted by Crippen LogP contribution is 2.21. The molecule has 0 aliphatic carbocycles. The van der Waals surface area contributed by atoms with E-state index >= 15 is 0 Å². The zero-order valence-electron chi connectivity index (χ0n) is 10.3. The molecule has 0 amide bonds. The number of nitrogen functional groups attached to an aromatic ring is 1. The summed E-state index contributed by atoms with van der Waals surface area (Å²) in [4.78, 5) is 25.7. The fraction of sp³-hybridized carbons (Fsp3) is 0.0833. The Kier molecular flexibility index (Phi) is 2.75. The van der Waals surface area contributed by atoms with Gasteiger partial charge in [-0.3, -0.25) is 10.1 Å². The number of para-hydroxylation sites is 1. The smallest absolute Gasteiger partial charge is 0.273 e. The normalized spacial score (nSPS) is 10.8. The van der Waals surface area contributed by atoms with Gasteiger partial charge < -0.3 is 10.7 Å². The average Bonchev–Trinajstić information content (AvgIpc) is 2.80. The molecule has 0 aliphatic rings. The maximum Gasteiger partial charge on any atom is 0.273 e. The summed E-state index contributed by atoms with van der Waals surface area (Å²) in [5.41, 5.74) is 7.24. The largest absolute Gasteiger partial charge is 0.368 e. The SMILES string of the molecule is Nc1ncc2nc(Cc3ccccc3[N+](=O)[O-])[nH]c2n1. The van der Waals surface area contributed by atoms with E-state index in [4.69, 9.17) is 5.73 Å². The standard InChI is InChI=1S/C12H10N6O2/c13-12-14-6-8-11(17-12)16-10(15-8)5-7-3-1-2-4-9(7)18(19)20/h1-4,6H,5H2,(H3,13,14,15,16,17). The van der Waals surface area contributed by atoms with Crippen LogP contribution in [0.15, 0.2) is 30.5 Å². The van der Waals surface area contributed by atoms with E-state index in [-0.39, 0.29) is 11.6 Å². The second kappa shape index (κ2) is 4.57. The molecular formula is C12H10N6O2. The minimum atomic E-state index is -0.407. The zero-order valence-corrected chi connectivity index (χ0v) is 10.3. The van der Waals surface area contributed by atoms with Crippen LogP contribution in [0, 0.1) is 10.1 Å². The Balaban J connectivity index is 1.99. The van der Waals surface area contributed by atoms with Gasteiger partial charge in [0.2, 0.25) is 5.95 Å². The van der Waals surface area contributed by atoms with Gasteiger partial charge in [0.05, 0.1) is 11.1 Å². The fourth-order valence-corrected chi connectivity index (χ4v) is 1.98. The first-order valence-electron chi connectivity index (χ1n) is 5.83. The Morgan fingerprint density at radius 3 is 2.90 bits per heavy atom. The molecule has 0 saturated heterocycles. The number of imidazole rings is 1. The van der Waals surface area contributed by atoms with Crippen LogP contribution in [-0.4, -0.2) is 24.9 Å². The Morgan fingerprint density at radius 1 is 1.30 bits per heavy atom. The van der Waals surface area contributed by atoms with Crippen LogP contribution in [0.2, 0.25) is 0 Å². The molecule has 3 N–H and O–H groups in total. The molecule has 2 aromatic heterocycles. The van der Waals surface area contributed by atoms with E-state index in [1.54, 1.807) is 18.2 Å². The number of aromatic amines is 1. The highest BCUT2D eigenvalue weighted by Gasteiger charge is 2.14. The van der Waals surface area contributed by atoms with Crippen LogP contribution in [0.3, 0.4) is 0 Å². The Hall–Kier alpha value is -3.03. The molecule has 8 nitrogen and oxygen atoms in total. The predicted octanol–water partition coefficient (Wildman–Crippen LogP) is 1.43. The molecular weight excluding hydrogens is 260 g/mol. The lowest BCUT2D eigenvalue weighted by atomic mass is 10.1. The molecule has 0 saturated carbocycles. The van der Waals surface area contributed by atoms with Crippen molar-refractivity contribution in [1.29, 1.82) is 0 Å². The minimum Gasteiger partial charge on any atom is -0.368 e. The van der Waals surface area contributed by atoms with Crippen molar-refractivity contribution in [3.05, 3.63) is 52.0 Å². The third-order valence-corrected chi connectivity index (χ3v) is 2.85. The molecule has 20 heavy (non-hydrogen) atoms. The van der Waals surface area contributed by atoms with Crippen molar-refractivity contribution in [3.8, 4) is 0 Å². The van der Waals surface area contributed by atoms with Gasteiger partial charge >= 0.3 is 0 Å². The molecule has 0 atom stereocenters. The first-order valence-corrected chi connectivity index (χ1v) is 5.83. The molecule has 0 unspecified atom stereocenters. The van der Waals surface area contributed by atoms with E-state index in [2.05, 4.69) is 19.9 Å². The second-order valence-electron chi connectivity index (χ2n) is 4.21. The zero-order chi connectivity index (χ0) is 14.1. The summed E-state index contributed by atoms with van der Waals surface area (Å²) >= 11 is 0. The summed E-state index contributed by atoms with van der Waals surface area (Å²) in [5.74, 6) is 0.729. The van der Waals surface area contributed by atoms with E-state index in [0.717, 1.165) is 0 Å². The number of hydrogen-bond donors (Lipinski definition) is 2. The molecule has 2 heterocycles. The first-order chi connectivity index (χ1) is 9.63.